The molecule has 0 unspecified atom stereocenters. The third kappa shape index (κ3) is 6.13. The zero-order valence-electron chi connectivity index (χ0n) is 16.5. The normalized spacial score (nSPS) is 14.9. The number of nitrogens with one attached hydrogen (secondary N) is 2. The highest BCUT2D eigenvalue weighted by Crippen LogP contribution is 2.33. The number of rotatable bonds is 8. The zero-order valence-corrected chi connectivity index (χ0v) is 18.1. The number of hydrogen-bond donors (Lipinski definition) is 3. The van der Waals surface area contributed by atoms with Crippen molar-refractivity contribution in [3.05, 3.63) is 39.5 Å². The Morgan fingerprint density at radius 2 is 2.09 bits per heavy atom. The first-order valence-electron chi connectivity index (χ1n) is 9.31. The van der Waals surface area contributed by atoms with Crippen molar-refractivity contribution < 1.29 is 32.6 Å². The molecule has 2 aromatic rings. The molecule has 1 fully saturated rings. The van der Waals surface area contributed by atoms with E-state index < -0.39 is 30.4 Å². The van der Waals surface area contributed by atoms with E-state index in [1.807, 2.05) is 0 Å². The molecule has 1 atom stereocenters. The summed E-state index contributed by atoms with van der Waals surface area (Å²) < 4.78 is 35.8. The molecular weight excluding hydrogens is 470 g/mol. The molecule has 2 heterocycles. The fraction of sp³-hybridized carbons (Fsp3) is 0.316. The Balaban J connectivity index is 1.65. The predicted octanol–water partition coefficient (Wildman–Crippen LogP) is 2.06. The number of morpholine rings is 1. The third-order valence-corrected chi connectivity index (χ3v) is 5.57. The van der Waals surface area contributed by atoms with Crippen LogP contribution in [0, 0.1) is 0 Å². The summed E-state index contributed by atoms with van der Waals surface area (Å²) in [6.07, 6.45) is 0. The number of nitrogens with two attached hydrogens (primary N) is 1. The molecule has 4 N–H and O–H groups in total. The van der Waals surface area contributed by atoms with Crippen molar-refractivity contribution in [1.29, 1.82) is 0 Å². The summed E-state index contributed by atoms with van der Waals surface area (Å²) >= 11 is 6.86. The number of ether oxygens (including phenoxy) is 2. The maximum Gasteiger partial charge on any atom is 0.387 e. The quantitative estimate of drug-likeness (QED) is 0.522. The molecule has 9 nitrogen and oxygen atoms in total. The van der Waals surface area contributed by atoms with Crippen molar-refractivity contribution >= 4 is 52.0 Å². The largest absolute Gasteiger partial charge is 0.433 e. The molecule has 1 saturated heterocycles. The average molecular weight is 489 g/mol. The van der Waals surface area contributed by atoms with Gasteiger partial charge in [0.05, 0.1) is 21.5 Å². The summed E-state index contributed by atoms with van der Waals surface area (Å²) in [5.41, 5.74) is 6.07. The van der Waals surface area contributed by atoms with E-state index >= 15 is 0 Å². The second-order valence-corrected chi connectivity index (χ2v) is 8.28. The van der Waals surface area contributed by atoms with E-state index in [-0.39, 0.29) is 43.4 Å². The van der Waals surface area contributed by atoms with E-state index in [9.17, 15) is 23.2 Å². The molecule has 0 spiro atoms. The number of nitrogens with zero attached hydrogens (tertiary/aromatic N) is 1. The lowest BCUT2D eigenvalue weighted by atomic mass is 10.2. The van der Waals surface area contributed by atoms with Gasteiger partial charge in [-0.2, -0.15) is 8.78 Å². The van der Waals surface area contributed by atoms with Gasteiger partial charge in [0.2, 0.25) is 5.91 Å². The summed E-state index contributed by atoms with van der Waals surface area (Å²) in [7, 11) is 0. The molecule has 1 aromatic heterocycles. The Bertz CT molecular complexity index is 1010. The van der Waals surface area contributed by atoms with E-state index in [0.29, 0.717) is 9.21 Å². The highest BCUT2D eigenvalue weighted by atomic mass is 35.5. The minimum Gasteiger partial charge on any atom is -0.433 e. The van der Waals surface area contributed by atoms with Crippen molar-refractivity contribution in [2.45, 2.75) is 12.7 Å². The van der Waals surface area contributed by atoms with Crippen molar-refractivity contribution in [3.8, 4) is 5.75 Å². The van der Waals surface area contributed by atoms with Crippen LogP contribution in [-0.2, 0) is 14.3 Å². The number of alkyl halides is 2. The summed E-state index contributed by atoms with van der Waals surface area (Å²) in [5, 5.41) is 5.00. The molecule has 3 amide bonds. The smallest absolute Gasteiger partial charge is 0.387 e. The van der Waals surface area contributed by atoms with Crippen LogP contribution in [0.25, 0.3) is 0 Å². The van der Waals surface area contributed by atoms with Crippen molar-refractivity contribution in [2.75, 3.05) is 36.5 Å². The van der Waals surface area contributed by atoms with Crippen LogP contribution >= 0.6 is 22.9 Å². The molecule has 1 aliphatic rings. The van der Waals surface area contributed by atoms with Crippen LogP contribution in [-0.4, -0.2) is 56.7 Å². The van der Waals surface area contributed by atoms with Crippen LogP contribution in [0.3, 0.4) is 0 Å². The molecule has 0 saturated carbocycles. The van der Waals surface area contributed by atoms with Gasteiger partial charge in [0.25, 0.3) is 11.8 Å². The highest BCUT2D eigenvalue weighted by Gasteiger charge is 2.25. The molecule has 172 valence electrons. The minimum atomic E-state index is -3.14. The van der Waals surface area contributed by atoms with Gasteiger partial charge in [-0.15, -0.1) is 11.3 Å². The molecule has 3 rings (SSSR count). The Hall–Kier alpha value is -2.80. The molecular formula is C19H19ClF2N4O5S. The summed E-state index contributed by atoms with van der Waals surface area (Å²) in [6, 6.07) is 5.97. The van der Waals surface area contributed by atoms with Gasteiger partial charge < -0.3 is 30.7 Å². The molecule has 0 aliphatic carbocycles. The molecule has 1 aromatic carbocycles. The van der Waals surface area contributed by atoms with E-state index in [2.05, 4.69) is 15.4 Å². The van der Waals surface area contributed by atoms with Crippen LogP contribution in [0.2, 0.25) is 4.34 Å². The monoisotopic (exact) mass is 488 g/mol. The van der Waals surface area contributed by atoms with Crippen molar-refractivity contribution in [1.82, 2.24) is 5.32 Å². The number of anilines is 2. The van der Waals surface area contributed by atoms with Gasteiger partial charge in [0.15, 0.2) is 5.75 Å². The number of hydrogen-bond acceptors (Lipinski definition) is 7. The van der Waals surface area contributed by atoms with Gasteiger partial charge in [-0.1, -0.05) is 11.6 Å². The van der Waals surface area contributed by atoms with Gasteiger partial charge in [0.1, 0.15) is 12.6 Å². The summed E-state index contributed by atoms with van der Waals surface area (Å²) in [5.74, 6) is -1.79. The Morgan fingerprint density at radius 1 is 1.31 bits per heavy atom. The lowest BCUT2D eigenvalue weighted by Gasteiger charge is -2.28. The first-order chi connectivity index (χ1) is 15.2. The number of carbonyl (C=O) groups excluding carboxylic acids is 3. The lowest BCUT2D eigenvalue weighted by Crippen LogP contribution is -2.45. The van der Waals surface area contributed by atoms with E-state index in [1.165, 1.54) is 23.1 Å². The molecule has 0 radical (unpaired) electrons. The fourth-order valence-electron chi connectivity index (χ4n) is 2.83. The second kappa shape index (κ2) is 10.7. The average Bonchev–Trinajstić information content (AvgIpc) is 3.18. The minimum absolute atomic E-state index is 0.127. The SMILES string of the molecule is N[C@H](CNC(=O)c1ccc(Cl)s1)C(=O)Nc1ccc(N2CCOCC2=O)c(OC(F)F)c1. The first kappa shape index (κ1) is 23.9. The standard InChI is InChI=1S/C19H19ClF2N4O5S/c20-15-4-3-14(32-15)18(29)24-8-11(23)17(28)25-10-1-2-12(13(7-10)31-19(21)22)26-5-6-30-9-16(26)27/h1-4,7,11,19H,5-6,8-9,23H2,(H,24,29)(H,25,28)/t11-/m1/s1. The van der Waals surface area contributed by atoms with Crippen LogP contribution in [0.5, 0.6) is 5.75 Å². The second-order valence-electron chi connectivity index (χ2n) is 6.57. The molecule has 1 aliphatic heterocycles. The topological polar surface area (TPSA) is 123 Å². The van der Waals surface area contributed by atoms with Crippen LogP contribution in [0.1, 0.15) is 9.67 Å². The maximum absolute atomic E-state index is 12.9. The Labute approximate surface area is 190 Å². The predicted molar refractivity (Wildman–Crippen MR) is 115 cm³/mol. The lowest BCUT2D eigenvalue weighted by molar-refractivity contribution is -0.125. The summed E-state index contributed by atoms with van der Waals surface area (Å²) in [4.78, 5) is 38.1. The van der Waals surface area contributed by atoms with Gasteiger partial charge in [0, 0.05) is 24.8 Å². The maximum atomic E-state index is 12.9. The number of amides is 3. The molecule has 13 heteroatoms. The van der Waals surface area contributed by atoms with Crippen LogP contribution in [0.15, 0.2) is 30.3 Å². The Morgan fingerprint density at radius 3 is 2.75 bits per heavy atom. The first-order valence-corrected chi connectivity index (χ1v) is 10.5. The number of benzene rings is 1. The zero-order chi connectivity index (χ0) is 23.3. The van der Waals surface area contributed by atoms with Crippen LogP contribution < -0.4 is 26.0 Å². The Kier molecular flexibility index (Phi) is 7.96. The van der Waals surface area contributed by atoms with Gasteiger partial charge in [-0.05, 0) is 24.3 Å². The van der Waals surface area contributed by atoms with Gasteiger partial charge in [-0.3, -0.25) is 14.4 Å². The molecule has 0 bridgehead atoms. The van der Waals surface area contributed by atoms with Crippen LogP contribution in [0.4, 0.5) is 20.2 Å². The van der Waals surface area contributed by atoms with E-state index in [1.54, 1.807) is 12.1 Å². The van der Waals surface area contributed by atoms with Gasteiger partial charge >= 0.3 is 6.61 Å². The number of halogens is 3. The van der Waals surface area contributed by atoms with Crippen molar-refractivity contribution in [2.24, 2.45) is 5.73 Å². The van der Waals surface area contributed by atoms with Gasteiger partial charge in [-0.25, -0.2) is 0 Å². The van der Waals surface area contributed by atoms with E-state index in [0.717, 1.165) is 11.3 Å². The third-order valence-electron chi connectivity index (χ3n) is 4.34. The van der Waals surface area contributed by atoms with E-state index in [4.69, 9.17) is 22.1 Å². The van der Waals surface area contributed by atoms with Crippen molar-refractivity contribution in [3.63, 3.8) is 0 Å². The highest BCUT2D eigenvalue weighted by molar-refractivity contribution is 7.18. The number of thiophene rings is 1. The number of carbonyl (C=O) groups is 3. The fourth-order valence-corrected chi connectivity index (χ4v) is 3.79. The molecule has 32 heavy (non-hydrogen) atoms. The summed E-state index contributed by atoms with van der Waals surface area (Å²) in [6.45, 7) is -3.06.